The molecule has 0 unspecified atom stereocenters. The average molecular weight is 316 g/mol. The fraction of sp³-hybridized carbons (Fsp3) is 0.647. The zero-order valence-electron chi connectivity index (χ0n) is 13.5. The lowest BCUT2D eigenvalue weighted by Crippen LogP contribution is -2.50. The highest BCUT2D eigenvalue weighted by Gasteiger charge is 2.26. The Morgan fingerprint density at radius 1 is 1.04 bits per heavy atom. The second kappa shape index (κ2) is 7.53. The second-order valence-electron chi connectivity index (χ2n) is 6.45. The van der Waals surface area contributed by atoms with Gasteiger partial charge in [-0.1, -0.05) is 25.7 Å². The maximum Gasteiger partial charge on any atom is 0.274 e. The number of rotatable bonds is 4. The van der Waals surface area contributed by atoms with Gasteiger partial charge in [-0.05, 0) is 12.3 Å². The Labute approximate surface area is 136 Å². The maximum atomic E-state index is 12.3. The summed E-state index contributed by atoms with van der Waals surface area (Å²) in [7, 11) is 0. The van der Waals surface area contributed by atoms with E-state index in [1.54, 1.807) is 11.1 Å². The molecule has 1 aromatic rings. The Balaban J connectivity index is 1.44. The van der Waals surface area contributed by atoms with Crippen LogP contribution in [0.15, 0.2) is 18.6 Å². The molecule has 2 heterocycles. The third kappa shape index (κ3) is 4.06. The van der Waals surface area contributed by atoms with Gasteiger partial charge in [0.15, 0.2) is 0 Å². The minimum Gasteiger partial charge on any atom is -0.339 e. The van der Waals surface area contributed by atoms with Crippen LogP contribution in [0.5, 0.6) is 0 Å². The van der Waals surface area contributed by atoms with E-state index in [1.807, 2.05) is 4.90 Å². The van der Waals surface area contributed by atoms with Crippen LogP contribution >= 0.6 is 0 Å². The molecule has 0 N–H and O–H groups in total. The molecule has 1 aliphatic heterocycles. The van der Waals surface area contributed by atoms with E-state index in [9.17, 15) is 9.59 Å². The summed E-state index contributed by atoms with van der Waals surface area (Å²) >= 11 is 0. The molecular weight excluding hydrogens is 292 g/mol. The Morgan fingerprint density at radius 2 is 1.74 bits per heavy atom. The maximum absolute atomic E-state index is 12.3. The Morgan fingerprint density at radius 3 is 2.39 bits per heavy atom. The monoisotopic (exact) mass is 316 g/mol. The third-order valence-electron chi connectivity index (χ3n) is 4.94. The quantitative estimate of drug-likeness (QED) is 0.848. The van der Waals surface area contributed by atoms with Crippen molar-refractivity contribution in [3.05, 3.63) is 24.3 Å². The van der Waals surface area contributed by atoms with E-state index in [0.29, 0.717) is 38.3 Å². The molecule has 1 saturated carbocycles. The number of carbonyl (C=O) groups excluding carboxylic acids is 2. The van der Waals surface area contributed by atoms with Gasteiger partial charge in [0, 0.05) is 45.0 Å². The van der Waals surface area contributed by atoms with Crippen molar-refractivity contribution in [3.8, 4) is 0 Å². The first-order valence-corrected chi connectivity index (χ1v) is 8.57. The number of aromatic nitrogens is 2. The van der Waals surface area contributed by atoms with E-state index < -0.39 is 0 Å². The number of amides is 2. The van der Waals surface area contributed by atoms with Crippen LogP contribution in [0.3, 0.4) is 0 Å². The van der Waals surface area contributed by atoms with Gasteiger partial charge in [0.1, 0.15) is 5.69 Å². The molecule has 0 bridgehead atoms. The molecule has 6 heteroatoms. The van der Waals surface area contributed by atoms with Crippen LogP contribution in [0.4, 0.5) is 0 Å². The third-order valence-corrected chi connectivity index (χ3v) is 4.94. The van der Waals surface area contributed by atoms with Gasteiger partial charge in [0.25, 0.3) is 5.91 Å². The van der Waals surface area contributed by atoms with Crippen LogP contribution in [-0.2, 0) is 4.79 Å². The molecule has 2 amide bonds. The van der Waals surface area contributed by atoms with Gasteiger partial charge in [0.2, 0.25) is 5.91 Å². The summed E-state index contributed by atoms with van der Waals surface area (Å²) in [6.45, 7) is 2.39. The van der Waals surface area contributed by atoms with E-state index in [4.69, 9.17) is 0 Å². The van der Waals surface area contributed by atoms with Gasteiger partial charge in [-0.2, -0.15) is 0 Å². The van der Waals surface area contributed by atoms with Crippen LogP contribution in [0.25, 0.3) is 0 Å². The van der Waals surface area contributed by atoms with Crippen LogP contribution in [0.1, 0.15) is 49.0 Å². The normalized spacial score (nSPS) is 19.1. The molecule has 3 rings (SSSR count). The molecule has 1 aromatic heterocycles. The molecule has 2 fully saturated rings. The summed E-state index contributed by atoms with van der Waals surface area (Å²) in [6, 6.07) is 0. The van der Waals surface area contributed by atoms with Crippen molar-refractivity contribution in [2.24, 2.45) is 5.92 Å². The first-order valence-electron chi connectivity index (χ1n) is 8.57. The summed E-state index contributed by atoms with van der Waals surface area (Å²) in [6.07, 6.45) is 11.5. The lowest BCUT2D eigenvalue weighted by atomic mass is 10.0. The van der Waals surface area contributed by atoms with Crippen molar-refractivity contribution in [3.63, 3.8) is 0 Å². The van der Waals surface area contributed by atoms with E-state index in [2.05, 4.69) is 9.97 Å². The Bertz CT molecular complexity index is 535. The van der Waals surface area contributed by atoms with Gasteiger partial charge in [-0.3, -0.25) is 14.6 Å². The zero-order chi connectivity index (χ0) is 16.1. The summed E-state index contributed by atoms with van der Waals surface area (Å²) in [5.74, 6) is 0.887. The van der Waals surface area contributed by atoms with E-state index >= 15 is 0 Å². The SMILES string of the molecule is O=C(CCC1CCCC1)N1CCN(C(=O)c2cnccn2)CC1. The van der Waals surface area contributed by atoms with Gasteiger partial charge >= 0.3 is 0 Å². The van der Waals surface area contributed by atoms with Crippen molar-refractivity contribution in [2.75, 3.05) is 26.2 Å². The molecule has 0 spiro atoms. The topological polar surface area (TPSA) is 66.4 Å². The lowest BCUT2D eigenvalue weighted by molar-refractivity contribution is -0.133. The van der Waals surface area contributed by atoms with Crippen molar-refractivity contribution >= 4 is 11.8 Å². The van der Waals surface area contributed by atoms with Crippen LogP contribution in [0.2, 0.25) is 0 Å². The van der Waals surface area contributed by atoms with Gasteiger partial charge in [-0.15, -0.1) is 0 Å². The van der Waals surface area contributed by atoms with Crippen LogP contribution in [-0.4, -0.2) is 57.8 Å². The van der Waals surface area contributed by atoms with E-state index in [0.717, 1.165) is 12.3 Å². The van der Waals surface area contributed by atoms with E-state index in [1.165, 1.54) is 38.1 Å². The number of hydrogen-bond donors (Lipinski definition) is 0. The van der Waals surface area contributed by atoms with Gasteiger partial charge < -0.3 is 9.80 Å². The Kier molecular flexibility index (Phi) is 5.20. The highest BCUT2D eigenvalue weighted by molar-refractivity contribution is 5.92. The van der Waals surface area contributed by atoms with Crippen LogP contribution in [0, 0.1) is 5.92 Å². The highest BCUT2D eigenvalue weighted by Crippen LogP contribution is 2.28. The number of hydrogen-bond acceptors (Lipinski definition) is 4. The largest absolute Gasteiger partial charge is 0.339 e. The Hall–Kier alpha value is -1.98. The average Bonchev–Trinajstić information content (AvgIpc) is 3.13. The number of nitrogens with zero attached hydrogens (tertiary/aromatic N) is 4. The smallest absolute Gasteiger partial charge is 0.274 e. The molecule has 1 aliphatic carbocycles. The highest BCUT2D eigenvalue weighted by atomic mass is 16.2. The fourth-order valence-corrected chi connectivity index (χ4v) is 3.52. The first-order chi connectivity index (χ1) is 11.2. The molecule has 23 heavy (non-hydrogen) atoms. The van der Waals surface area contributed by atoms with Crippen molar-refractivity contribution < 1.29 is 9.59 Å². The molecule has 0 aromatic carbocycles. The fourth-order valence-electron chi connectivity index (χ4n) is 3.52. The molecule has 124 valence electrons. The predicted octanol–water partition coefficient (Wildman–Crippen LogP) is 1.73. The molecular formula is C17H24N4O2. The molecule has 6 nitrogen and oxygen atoms in total. The number of piperazine rings is 1. The summed E-state index contributed by atoms with van der Waals surface area (Å²) in [4.78, 5) is 36.2. The standard InChI is InChI=1S/C17H24N4O2/c22-16(6-5-14-3-1-2-4-14)20-9-11-21(12-10-20)17(23)15-13-18-7-8-19-15/h7-8,13-14H,1-6,9-12H2. The molecule has 1 saturated heterocycles. The van der Waals surface area contributed by atoms with Crippen molar-refractivity contribution in [1.29, 1.82) is 0 Å². The number of carbonyl (C=O) groups is 2. The van der Waals surface area contributed by atoms with Crippen molar-refractivity contribution in [1.82, 2.24) is 19.8 Å². The summed E-state index contributed by atoms with van der Waals surface area (Å²) in [5, 5.41) is 0. The predicted molar refractivity (Wildman–Crippen MR) is 85.7 cm³/mol. The van der Waals surface area contributed by atoms with Gasteiger partial charge in [-0.25, -0.2) is 4.98 Å². The first kappa shape index (κ1) is 15.9. The molecule has 0 radical (unpaired) electrons. The summed E-state index contributed by atoms with van der Waals surface area (Å²) in [5.41, 5.74) is 0.369. The van der Waals surface area contributed by atoms with Gasteiger partial charge in [0.05, 0.1) is 6.20 Å². The minimum atomic E-state index is -0.101. The minimum absolute atomic E-state index is 0.101. The zero-order valence-corrected chi connectivity index (χ0v) is 13.5. The van der Waals surface area contributed by atoms with Crippen LogP contribution < -0.4 is 0 Å². The van der Waals surface area contributed by atoms with E-state index in [-0.39, 0.29) is 11.8 Å². The lowest BCUT2D eigenvalue weighted by Gasteiger charge is -2.34. The summed E-state index contributed by atoms with van der Waals surface area (Å²) < 4.78 is 0. The second-order valence-corrected chi connectivity index (χ2v) is 6.45. The van der Waals surface area contributed by atoms with Crippen molar-refractivity contribution in [2.45, 2.75) is 38.5 Å². The molecule has 0 atom stereocenters. The molecule has 2 aliphatic rings.